The van der Waals surface area contributed by atoms with E-state index >= 15 is 0 Å². The molecule has 4 rings (SSSR count). The molecule has 0 saturated carbocycles. The van der Waals surface area contributed by atoms with Crippen molar-refractivity contribution in [3.05, 3.63) is 87.3 Å². The summed E-state index contributed by atoms with van der Waals surface area (Å²) in [5.74, 6) is -0.0114. The maximum atomic E-state index is 13.0. The van der Waals surface area contributed by atoms with Gasteiger partial charge in [-0.05, 0) is 42.5 Å². The van der Waals surface area contributed by atoms with Gasteiger partial charge < -0.3 is 20.0 Å². The van der Waals surface area contributed by atoms with Crippen molar-refractivity contribution in [2.24, 2.45) is 0 Å². The molecular weight excluding hydrogens is 435 g/mol. The van der Waals surface area contributed by atoms with Crippen molar-refractivity contribution >= 4 is 34.2 Å². The minimum Gasteiger partial charge on any atom is -0.455 e. The zero-order chi connectivity index (χ0) is 22.2. The number of fused-ring (bicyclic) bond motifs is 1. The second kappa shape index (κ2) is 7.84. The molecule has 0 spiro atoms. The first-order valence-corrected chi connectivity index (χ1v) is 9.25. The second-order valence-corrected chi connectivity index (χ2v) is 6.94. The summed E-state index contributed by atoms with van der Waals surface area (Å²) in [5, 5.41) is 2.04. The Labute approximate surface area is 177 Å². The molecule has 1 aromatic heterocycles. The molecule has 0 aliphatic heterocycles. The number of hydrogen-bond donors (Lipinski definition) is 3. The number of carbonyl (C=O) groups excluding carboxylic acids is 1. The van der Waals surface area contributed by atoms with Crippen LogP contribution in [0.3, 0.4) is 0 Å². The van der Waals surface area contributed by atoms with Crippen LogP contribution < -0.4 is 15.7 Å². The van der Waals surface area contributed by atoms with Crippen LogP contribution in [0.15, 0.2) is 65.5 Å². The van der Waals surface area contributed by atoms with E-state index in [4.69, 9.17) is 16.3 Å². The summed E-state index contributed by atoms with van der Waals surface area (Å²) in [6.45, 7) is 0. The van der Waals surface area contributed by atoms with Crippen LogP contribution in [0.1, 0.15) is 15.9 Å². The molecule has 3 N–H and O–H groups in total. The number of amides is 1. The van der Waals surface area contributed by atoms with E-state index in [1.54, 1.807) is 36.4 Å². The first kappa shape index (κ1) is 20.5. The monoisotopic (exact) mass is 447 g/mol. The number of aromatic amines is 2. The quantitative estimate of drug-likeness (QED) is 0.382. The van der Waals surface area contributed by atoms with Crippen LogP contribution in [0.4, 0.5) is 18.9 Å². The van der Waals surface area contributed by atoms with Gasteiger partial charge in [-0.1, -0.05) is 23.7 Å². The number of H-pyrrole nitrogens is 2. The van der Waals surface area contributed by atoms with Crippen LogP contribution in [0.25, 0.3) is 11.0 Å². The number of alkyl halides is 3. The Morgan fingerprint density at radius 1 is 1.00 bits per heavy atom. The Morgan fingerprint density at radius 3 is 2.55 bits per heavy atom. The molecule has 6 nitrogen and oxygen atoms in total. The molecule has 1 heterocycles. The van der Waals surface area contributed by atoms with Crippen molar-refractivity contribution in [2.45, 2.75) is 6.18 Å². The number of aromatic nitrogens is 2. The molecule has 0 aliphatic carbocycles. The maximum Gasteiger partial charge on any atom is 0.417 e. The lowest BCUT2D eigenvalue weighted by atomic mass is 10.1. The summed E-state index contributed by atoms with van der Waals surface area (Å²) in [4.78, 5) is 29.2. The molecule has 0 atom stereocenters. The topological polar surface area (TPSA) is 87.0 Å². The van der Waals surface area contributed by atoms with Crippen molar-refractivity contribution in [1.82, 2.24) is 9.97 Å². The molecular formula is C21H13ClF3N3O3. The standard InChI is InChI=1S/C21H13ClF3N3O3/c22-15-8-7-11(9-14(15)21(23,24)25)19(29)26-12-3-1-4-13(10-12)31-17-6-2-5-16-18(17)28-20(30)27-16/h1-10H,(H,26,29)(H2,27,28,30). The maximum absolute atomic E-state index is 13.0. The van der Waals surface area contributed by atoms with E-state index in [-0.39, 0.29) is 11.3 Å². The van der Waals surface area contributed by atoms with Crippen molar-refractivity contribution in [3.8, 4) is 11.5 Å². The summed E-state index contributed by atoms with van der Waals surface area (Å²) >= 11 is 5.59. The normalized spacial score (nSPS) is 11.5. The second-order valence-electron chi connectivity index (χ2n) is 6.53. The molecule has 0 bridgehead atoms. The van der Waals surface area contributed by atoms with Gasteiger partial charge in [0.15, 0.2) is 5.75 Å². The number of rotatable bonds is 4. The van der Waals surface area contributed by atoms with Gasteiger partial charge in [0, 0.05) is 17.3 Å². The van der Waals surface area contributed by atoms with Crippen molar-refractivity contribution < 1.29 is 22.7 Å². The van der Waals surface area contributed by atoms with Gasteiger partial charge >= 0.3 is 11.9 Å². The SMILES string of the molecule is O=C(Nc1cccc(Oc2cccc3[nH]c(=O)[nH]c23)c1)c1ccc(Cl)c(C(F)(F)F)c1. The molecule has 10 heteroatoms. The first-order chi connectivity index (χ1) is 14.7. The highest BCUT2D eigenvalue weighted by atomic mass is 35.5. The van der Waals surface area contributed by atoms with E-state index in [1.165, 1.54) is 12.1 Å². The largest absolute Gasteiger partial charge is 0.455 e. The molecule has 0 unspecified atom stereocenters. The molecule has 0 saturated heterocycles. The third kappa shape index (κ3) is 4.41. The van der Waals surface area contributed by atoms with E-state index in [0.717, 1.165) is 6.07 Å². The Morgan fingerprint density at radius 2 is 1.77 bits per heavy atom. The molecule has 31 heavy (non-hydrogen) atoms. The van der Waals surface area contributed by atoms with E-state index < -0.39 is 22.7 Å². The van der Waals surface area contributed by atoms with Crippen LogP contribution in [0.5, 0.6) is 11.5 Å². The first-order valence-electron chi connectivity index (χ1n) is 8.88. The van der Waals surface area contributed by atoms with Gasteiger partial charge in [-0.15, -0.1) is 0 Å². The van der Waals surface area contributed by atoms with Crippen molar-refractivity contribution in [2.75, 3.05) is 5.32 Å². The number of halogens is 4. The lowest BCUT2D eigenvalue weighted by molar-refractivity contribution is -0.137. The van der Waals surface area contributed by atoms with Crippen LogP contribution in [-0.4, -0.2) is 15.9 Å². The van der Waals surface area contributed by atoms with Gasteiger partial charge in [-0.3, -0.25) is 4.79 Å². The third-order valence-electron chi connectivity index (χ3n) is 4.37. The average molecular weight is 448 g/mol. The zero-order valence-electron chi connectivity index (χ0n) is 15.5. The molecule has 158 valence electrons. The van der Waals surface area contributed by atoms with Gasteiger partial charge in [0.1, 0.15) is 11.3 Å². The molecule has 0 aliphatic rings. The Hall–Kier alpha value is -3.72. The fourth-order valence-corrected chi connectivity index (χ4v) is 3.19. The summed E-state index contributed by atoms with van der Waals surface area (Å²) < 4.78 is 44.9. The van der Waals surface area contributed by atoms with Crippen molar-refractivity contribution in [1.29, 1.82) is 0 Å². The lowest BCUT2D eigenvalue weighted by Crippen LogP contribution is -2.14. The summed E-state index contributed by atoms with van der Waals surface area (Å²) in [7, 11) is 0. The predicted octanol–water partition coefficient (Wildman–Crippen LogP) is 5.57. The number of para-hydroxylation sites is 1. The molecule has 0 radical (unpaired) electrons. The minimum absolute atomic E-state index is 0.197. The van der Waals surface area contributed by atoms with Crippen LogP contribution in [0.2, 0.25) is 5.02 Å². The molecule has 0 fully saturated rings. The fraction of sp³-hybridized carbons (Fsp3) is 0.0476. The molecule has 3 aromatic carbocycles. The van der Waals surface area contributed by atoms with E-state index in [9.17, 15) is 22.8 Å². The number of hydrogen-bond acceptors (Lipinski definition) is 3. The fourth-order valence-electron chi connectivity index (χ4n) is 2.97. The van der Waals surface area contributed by atoms with Crippen LogP contribution in [-0.2, 0) is 6.18 Å². The van der Waals surface area contributed by atoms with Crippen LogP contribution in [0, 0.1) is 0 Å². The highest BCUT2D eigenvalue weighted by Crippen LogP contribution is 2.35. The Balaban J connectivity index is 1.56. The van der Waals surface area contributed by atoms with E-state index in [1.807, 2.05) is 0 Å². The number of imidazole rings is 1. The van der Waals surface area contributed by atoms with Crippen LogP contribution >= 0.6 is 11.6 Å². The van der Waals surface area contributed by atoms with Gasteiger partial charge in [-0.25, -0.2) is 4.79 Å². The van der Waals surface area contributed by atoms with Gasteiger partial charge in [0.05, 0.1) is 16.1 Å². The lowest BCUT2D eigenvalue weighted by Gasteiger charge is -2.12. The number of nitrogens with one attached hydrogen (secondary N) is 3. The van der Waals surface area contributed by atoms with Crippen molar-refractivity contribution in [3.63, 3.8) is 0 Å². The number of anilines is 1. The number of carbonyl (C=O) groups is 1. The summed E-state index contributed by atoms with van der Waals surface area (Å²) in [6.07, 6.45) is -4.68. The summed E-state index contributed by atoms with van der Waals surface area (Å²) in [5.41, 5.74) is -0.322. The number of benzene rings is 3. The van der Waals surface area contributed by atoms with Gasteiger partial charge in [-0.2, -0.15) is 13.2 Å². The third-order valence-corrected chi connectivity index (χ3v) is 4.70. The summed E-state index contributed by atoms with van der Waals surface area (Å²) in [6, 6.07) is 14.3. The van der Waals surface area contributed by atoms with Gasteiger partial charge in [0.25, 0.3) is 5.91 Å². The number of ether oxygens (including phenoxy) is 1. The minimum atomic E-state index is -4.68. The highest BCUT2D eigenvalue weighted by molar-refractivity contribution is 6.31. The molecule has 4 aromatic rings. The predicted molar refractivity (Wildman–Crippen MR) is 110 cm³/mol. The Kier molecular flexibility index (Phi) is 5.20. The smallest absolute Gasteiger partial charge is 0.417 e. The molecule has 1 amide bonds. The average Bonchev–Trinajstić information content (AvgIpc) is 3.09. The highest BCUT2D eigenvalue weighted by Gasteiger charge is 2.33. The Bertz CT molecular complexity index is 1340. The zero-order valence-corrected chi connectivity index (χ0v) is 16.3. The van der Waals surface area contributed by atoms with Gasteiger partial charge in [0.2, 0.25) is 0 Å². The van der Waals surface area contributed by atoms with E-state index in [2.05, 4.69) is 15.3 Å². The van der Waals surface area contributed by atoms with E-state index in [0.29, 0.717) is 34.3 Å².